The lowest BCUT2D eigenvalue weighted by Crippen LogP contribution is -2.28. The number of aryl methyl sites for hydroxylation is 2. The van der Waals surface area contributed by atoms with Crippen molar-refractivity contribution in [3.8, 4) is 5.75 Å². The van der Waals surface area contributed by atoms with Crippen LogP contribution < -0.4 is 15.4 Å². The summed E-state index contributed by atoms with van der Waals surface area (Å²) >= 11 is 5.68. The first-order chi connectivity index (χ1) is 17.3. The first kappa shape index (κ1) is 27.6. The lowest BCUT2D eigenvalue weighted by molar-refractivity contribution is 0.0795. The predicted molar refractivity (Wildman–Crippen MR) is 149 cm³/mol. The molecule has 0 fully saturated rings. The van der Waals surface area contributed by atoms with E-state index in [1.54, 1.807) is 19.1 Å². The molecule has 8 nitrogen and oxygen atoms in total. The van der Waals surface area contributed by atoms with Crippen molar-refractivity contribution in [2.24, 2.45) is 4.99 Å². The minimum atomic E-state index is -0.0824. The van der Waals surface area contributed by atoms with E-state index in [1.165, 1.54) is 16.9 Å². The molecule has 3 aromatic rings. The van der Waals surface area contributed by atoms with Crippen LogP contribution in [0.2, 0.25) is 0 Å². The van der Waals surface area contributed by atoms with Gasteiger partial charge in [-0.3, -0.25) is 9.79 Å². The van der Waals surface area contributed by atoms with E-state index in [0.717, 1.165) is 57.7 Å². The van der Waals surface area contributed by atoms with Crippen molar-refractivity contribution in [2.75, 3.05) is 40.8 Å². The third-order valence-electron chi connectivity index (χ3n) is 5.66. The van der Waals surface area contributed by atoms with Crippen molar-refractivity contribution in [3.63, 3.8) is 0 Å². The van der Waals surface area contributed by atoms with Crippen molar-refractivity contribution in [2.45, 2.75) is 31.7 Å². The third-order valence-corrected chi connectivity index (χ3v) is 7.28. The number of carbonyl (C=O) groups is 1. The second-order valence-electron chi connectivity index (χ2n) is 8.47. The number of amidine groups is 1. The number of nitrogens with one attached hydrogen (secondary N) is 2. The van der Waals surface area contributed by atoms with Crippen molar-refractivity contribution in [3.05, 3.63) is 68.7 Å². The van der Waals surface area contributed by atoms with Crippen molar-refractivity contribution >= 4 is 35.7 Å². The Morgan fingerprint density at radius 3 is 2.47 bits per heavy atom. The predicted octanol–water partition coefficient (Wildman–Crippen LogP) is 3.52. The lowest BCUT2D eigenvalue weighted by atomic mass is 10.1. The minimum absolute atomic E-state index is 0.0824. The van der Waals surface area contributed by atoms with Gasteiger partial charge in [-0.1, -0.05) is 35.6 Å². The highest BCUT2D eigenvalue weighted by Gasteiger charge is 2.17. The van der Waals surface area contributed by atoms with Gasteiger partial charge in [-0.15, -0.1) is 22.8 Å². The molecule has 0 saturated heterocycles. The summed E-state index contributed by atoms with van der Waals surface area (Å²) in [6.45, 7) is 7.06. The summed E-state index contributed by atoms with van der Waals surface area (Å²) in [6, 6.07) is 12.3. The molecular formula is C26H34N6O2S2. The highest BCUT2D eigenvalue weighted by molar-refractivity contribution is 7.80. The van der Waals surface area contributed by atoms with Gasteiger partial charge in [-0.25, -0.2) is 0 Å². The molecule has 1 amide bonds. The van der Waals surface area contributed by atoms with Crippen LogP contribution in [0.1, 0.15) is 37.1 Å². The number of ether oxygens (including phenoxy) is 1. The summed E-state index contributed by atoms with van der Waals surface area (Å²) in [5.74, 6) is 1.78. The SMILES string of the molecule is CNCc1nnc(C(=O)N(C)CCc2ccc(C3=NCCN3)cc2)s1.COc1cc(C)c(S)c(C)c1. The Bertz CT molecular complexity index is 1170. The van der Waals surface area contributed by atoms with Gasteiger partial charge in [0.2, 0.25) is 5.01 Å². The zero-order chi connectivity index (χ0) is 26.1. The summed E-state index contributed by atoms with van der Waals surface area (Å²) in [5, 5.41) is 15.5. The molecule has 0 spiro atoms. The highest BCUT2D eigenvalue weighted by Crippen LogP contribution is 2.23. The third kappa shape index (κ3) is 7.52. The molecule has 2 aromatic carbocycles. The maximum absolute atomic E-state index is 12.4. The van der Waals surface area contributed by atoms with E-state index in [4.69, 9.17) is 4.74 Å². The quantitative estimate of drug-likeness (QED) is 0.389. The van der Waals surface area contributed by atoms with Crippen LogP contribution in [0.5, 0.6) is 5.75 Å². The number of thiol groups is 1. The maximum Gasteiger partial charge on any atom is 0.284 e. The van der Waals surface area contributed by atoms with Crippen LogP contribution in [0, 0.1) is 13.8 Å². The molecule has 4 rings (SSSR count). The molecule has 0 saturated carbocycles. The van der Waals surface area contributed by atoms with E-state index in [1.807, 2.05) is 33.0 Å². The molecule has 1 aromatic heterocycles. The Kier molecular flexibility index (Phi) is 10.3. The van der Waals surface area contributed by atoms with Gasteiger partial charge in [0.1, 0.15) is 16.6 Å². The van der Waals surface area contributed by atoms with E-state index < -0.39 is 0 Å². The number of hydrogen-bond donors (Lipinski definition) is 3. The van der Waals surface area contributed by atoms with Crippen LogP contribution in [-0.4, -0.2) is 67.7 Å². The average Bonchev–Trinajstić information content (AvgIpc) is 3.59. The molecule has 0 radical (unpaired) electrons. The number of hydrogen-bond acceptors (Lipinski definition) is 9. The second kappa shape index (κ2) is 13.4. The Morgan fingerprint density at radius 2 is 1.89 bits per heavy atom. The summed E-state index contributed by atoms with van der Waals surface area (Å²) in [5.41, 5.74) is 4.61. The van der Waals surface area contributed by atoms with Crippen molar-refractivity contribution in [1.29, 1.82) is 0 Å². The summed E-state index contributed by atoms with van der Waals surface area (Å²) in [6.07, 6.45) is 0.796. The molecule has 1 aliphatic heterocycles. The van der Waals surface area contributed by atoms with E-state index in [-0.39, 0.29) is 5.91 Å². The molecule has 2 heterocycles. The normalized spacial score (nSPS) is 12.3. The Morgan fingerprint density at radius 1 is 1.19 bits per heavy atom. The standard InChI is InChI=1S/C17H22N6OS.C9H12OS/c1-18-11-14-21-22-16(25-14)17(24)23(2)10-7-12-3-5-13(6-4-12)15-19-8-9-20-15;1-6-4-8(10-3)5-7(2)9(6)11/h3-6,18H,7-11H2,1-2H3,(H,19,20);4-5,11H,1-3H3. The first-order valence-corrected chi connectivity index (χ1v) is 13.0. The Balaban J connectivity index is 0.000000275. The number of rotatable bonds is 8. The summed E-state index contributed by atoms with van der Waals surface area (Å²) in [4.78, 5) is 19.6. The van der Waals surface area contributed by atoms with E-state index in [9.17, 15) is 4.79 Å². The first-order valence-electron chi connectivity index (χ1n) is 11.8. The van der Waals surface area contributed by atoms with Crippen LogP contribution >= 0.6 is 24.0 Å². The van der Waals surface area contributed by atoms with Gasteiger partial charge in [-0.05, 0) is 56.1 Å². The van der Waals surface area contributed by atoms with Crippen molar-refractivity contribution < 1.29 is 9.53 Å². The fourth-order valence-electron chi connectivity index (χ4n) is 3.58. The highest BCUT2D eigenvalue weighted by atomic mass is 32.1. The molecule has 0 aliphatic carbocycles. The number of carbonyl (C=O) groups excluding carboxylic acids is 1. The van der Waals surface area contributed by atoms with Crippen LogP contribution in [-0.2, 0) is 13.0 Å². The van der Waals surface area contributed by atoms with E-state index in [2.05, 4.69) is 62.7 Å². The van der Waals surface area contributed by atoms with Gasteiger partial charge >= 0.3 is 0 Å². The number of benzene rings is 2. The molecule has 10 heteroatoms. The molecule has 2 N–H and O–H groups in total. The van der Waals surface area contributed by atoms with E-state index >= 15 is 0 Å². The van der Waals surface area contributed by atoms with Crippen molar-refractivity contribution in [1.82, 2.24) is 25.7 Å². The topological polar surface area (TPSA) is 91.7 Å². The van der Waals surface area contributed by atoms with Crippen LogP contribution in [0.15, 0.2) is 46.3 Å². The molecule has 0 bridgehead atoms. The fourth-order valence-corrected chi connectivity index (χ4v) is 4.55. The number of nitrogens with zero attached hydrogens (tertiary/aromatic N) is 4. The summed E-state index contributed by atoms with van der Waals surface area (Å²) in [7, 11) is 5.31. The smallest absolute Gasteiger partial charge is 0.284 e. The van der Waals surface area contributed by atoms with Gasteiger partial charge in [0.25, 0.3) is 5.91 Å². The molecule has 0 atom stereocenters. The van der Waals surface area contributed by atoms with Crippen LogP contribution in [0.25, 0.3) is 0 Å². The van der Waals surface area contributed by atoms with Crippen LogP contribution in [0.3, 0.4) is 0 Å². The number of amides is 1. The molecule has 0 unspecified atom stereocenters. The molecule has 1 aliphatic rings. The summed E-state index contributed by atoms with van der Waals surface area (Å²) < 4.78 is 5.10. The Hall–Kier alpha value is -2.95. The van der Waals surface area contributed by atoms with Gasteiger partial charge in [-0.2, -0.15) is 0 Å². The molecule has 192 valence electrons. The van der Waals surface area contributed by atoms with Gasteiger partial charge in [0.15, 0.2) is 0 Å². The van der Waals surface area contributed by atoms with E-state index in [0.29, 0.717) is 18.1 Å². The molecule has 36 heavy (non-hydrogen) atoms. The van der Waals surface area contributed by atoms with Gasteiger partial charge < -0.3 is 20.3 Å². The van der Waals surface area contributed by atoms with Gasteiger partial charge in [0, 0.05) is 37.1 Å². The largest absolute Gasteiger partial charge is 0.497 e. The minimum Gasteiger partial charge on any atom is -0.497 e. The van der Waals surface area contributed by atoms with Crippen LogP contribution in [0.4, 0.5) is 0 Å². The number of methoxy groups -OCH3 is 1. The zero-order valence-corrected chi connectivity index (χ0v) is 23.2. The number of aliphatic imine (C=N–C) groups is 1. The fraction of sp³-hybridized carbons (Fsp3) is 0.385. The number of likely N-dealkylation sites (N-methyl/N-ethyl adjacent to an activating group) is 1. The average molecular weight is 527 g/mol. The lowest BCUT2D eigenvalue weighted by Gasteiger charge is -2.15. The van der Waals surface area contributed by atoms with Gasteiger partial charge in [0.05, 0.1) is 13.7 Å². The number of aromatic nitrogens is 2. The zero-order valence-electron chi connectivity index (χ0n) is 21.5. The Labute approximate surface area is 222 Å². The monoisotopic (exact) mass is 526 g/mol. The molecular weight excluding hydrogens is 492 g/mol. The second-order valence-corrected chi connectivity index (χ2v) is 9.98. The maximum atomic E-state index is 12.4.